The second kappa shape index (κ2) is 7.73. The SMILES string of the molecule is C=C(C)C(=O)OCCN(CC)C(=O)OCC. The van der Waals surface area contributed by atoms with Gasteiger partial charge in [-0.2, -0.15) is 0 Å². The van der Waals surface area contributed by atoms with Crippen molar-refractivity contribution in [2.24, 2.45) is 0 Å². The molecule has 0 saturated carbocycles. The lowest BCUT2D eigenvalue weighted by Crippen LogP contribution is -2.34. The first-order chi connectivity index (χ1) is 7.52. The minimum atomic E-state index is -0.445. The number of carbonyl (C=O) groups is 2. The Bertz CT molecular complexity index is 263. The number of rotatable bonds is 6. The van der Waals surface area contributed by atoms with Crippen LogP contribution < -0.4 is 0 Å². The van der Waals surface area contributed by atoms with E-state index in [0.29, 0.717) is 25.3 Å². The van der Waals surface area contributed by atoms with Crippen molar-refractivity contribution >= 4 is 12.1 Å². The van der Waals surface area contributed by atoms with E-state index in [1.165, 1.54) is 4.90 Å². The molecular weight excluding hydrogens is 210 g/mol. The van der Waals surface area contributed by atoms with Gasteiger partial charge in [-0.3, -0.25) is 0 Å². The molecule has 1 amide bonds. The molecule has 92 valence electrons. The fraction of sp³-hybridized carbons (Fsp3) is 0.636. The standard InChI is InChI=1S/C11H19NO4/c1-5-12(11(14)15-6-2)7-8-16-10(13)9(3)4/h3,5-8H2,1-2,4H3. The topological polar surface area (TPSA) is 55.8 Å². The fourth-order valence-electron chi connectivity index (χ4n) is 0.965. The van der Waals surface area contributed by atoms with Gasteiger partial charge in [-0.05, 0) is 20.8 Å². The molecule has 5 nitrogen and oxygen atoms in total. The van der Waals surface area contributed by atoms with E-state index in [0.717, 1.165) is 0 Å². The third-order valence-corrected chi connectivity index (χ3v) is 1.85. The van der Waals surface area contributed by atoms with Gasteiger partial charge in [0, 0.05) is 12.1 Å². The summed E-state index contributed by atoms with van der Waals surface area (Å²) in [7, 11) is 0. The summed E-state index contributed by atoms with van der Waals surface area (Å²) >= 11 is 0. The molecule has 0 aromatic heterocycles. The maximum absolute atomic E-state index is 11.3. The number of nitrogens with zero attached hydrogens (tertiary/aromatic N) is 1. The predicted octanol–water partition coefficient (Wildman–Crippen LogP) is 1.58. The van der Waals surface area contributed by atoms with E-state index in [1.54, 1.807) is 13.8 Å². The van der Waals surface area contributed by atoms with Crippen LogP contribution in [-0.4, -0.2) is 43.3 Å². The molecule has 0 fully saturated rings. The van der Waals surface area contributed by atoms with Crippen LogP contribution in [0.4, 0.5) is 4.79 Å². The molecule has 0 aliphatic heterocycles. The molecule has 0 saturated heterocycles. The molecule has 0 aliphatic rings. The highest BCUT2D eigenvalue weighted by atomic mass is 16.6. The zero-order chi connectivity index (χ0) is 12.6. The van der Waals surface area contributed by atoms with Gasteiger partial charge in [-0.25, -0.2) is 9.59 Å². The van der Waals surface area contributed by atoms with Gasteiger partial charge in [0.15, 0.2) is 0 Å². The summed E-state index contributed by atoms with van der Waals surface area (Å²) in [5, 5.41) is 0. The largest absolute Gasteiger partial charge is 0.460 e. The molecule has 0 aromatic carbocycles. The molecule has 16 heavy (non-hydrogen) atoms. The number of esters is 1. The molecule has 0 radical (unpaired) electrons. The van der Waals surface area contributed by atoms with E-state index >= 15 is 0 Å². The Labute approximate surface area is 96.0 Å². The molecule has 0 unspecified atom stereocenters. The van der Waals surface area contributed by atoms with Crippen molar-refractivity contribution in [3.8, 4) is 0 Å². The summed E-state index contributed by atoms with van der Waals surface area (Å²) in [5.74, 6) is -0.445. The van der Waals surface area contributed by atoms with Gasteiger partial charge >= 0.3 is 12.1 Å². The number of hydrogen-bond donors (Lipinski definition) is 0. The molecule has 0 aromatic rings. The first-order valence-corrected chi connectivity index (χ1v) is 5.27. The summed E-state index contributed by atoms with van der Waals surface area (Å²) < 4.78 is 9.70. The third kappa shape index (κ3) is 5.38. The summed E-state index contributed by atoms with van der Waals surface area (Å²) in [6.45, 7) is 9.94. The van der Waals surface area contributed by atoms with Crippen molar-refractivity contribution in [3.63, 3.8) is 0 Å². The fourth-order valence-corrected chi connectivity index (χ4v) is 0.965. The van der Waals surface area contributed by atoms with Crippen molar-refractivity contribution in [1.29, 1.82) is 0 Å². The Morgan fingerprint density at radius 2 is 1.88 bits per heavy atom. The molecule has 0 heterocycles. The van der Waals surface area contributed by atoms with Gasteiger partial charge in [0.25, 0.3) is 0 Å². The number of likely N-dealkylation sites (N-methyl/N-ethyl adjacent to an activating group) is 1. The van der Waals surface area contributed by atoms with Gasteiger partial charge in [-0.15, -0.1) is 0 Å². The van der Waals surface area contributed by atoms with Crippen LogP contribution in [0.3, 0.4) is 0 Å². The second-order valence-electron chi connectivity index (χ2n) is 3.19. The Hall–Kier alpha value is -1.52. The maximum atomic E-state index is 11.3. The van der Waals surface area contributed by atoms with Gasteiger partial charge in [0.2, 0.25) is 0 Å². The lowest BCUT2D eigenvalue weighted by atomic mass is 10.4. The van der Waals surface area contributed by atoms with Gasteiger partial charge < -0.3 is 14.4 Å². The minimum absolute atomic E-state index is 0.151. The van der Waals surface area contributed by atoms with Crippen LogP contribution in [-0.2, 0) is 14.3 Å². The predicted molar refractivity (Wildman–Crippen MR) is 60.0 cm³/mol. The summed E-state index contributed by atoms with van der Waals surface area (Å²) in [4.78, 5) is 23.8. The molecule has 5 heteroatoms. The highest BCUT2D eigenvalue weighted by Gasteiger charge is 2.12. The van der Waals surface area contributed by atoms with Gasteiger partial charge in [0.1, 0.15) is 6.61 Å². The van der Waals surface area contributed by atoms with Gasteiger partial charge in [0.05, 0.1) is 13.2 Å². The van der Waals surface area contributed by atoms with Crippen molar-refractivity contribution in [2.45, 2.75) is 20.8 Å². The third-order valence-electron chi connectivity index (χ3n) is 1.85. The number of carbonyl (C=O) groups excluding carboxylic acids is 2. The van der Waals surface area contributed by atoms with Crippen molar-refractivity contribution in [2.75, 3.05) is 26.3 Å². The van der Waals surface area contributed by atoms with E-state index < -0.39 is 12.1 Å². The molecular formula is C11H19NO4. The van der Waals surface area contributed by atoms with E-state index in [4.69, 9.17) is 9.47 Å². The zero-order valence-electron chi connectivity index (χ0n) is 10.1. The number of amides is 1. The highest BCUT2D eigenvalue weighted by Crippen LogP contribution is 1.96. The van der Waals surface area contributed by atoms with Crippen LogP contribution >= 0.6 is 0 Å². The smallest absolute Gasteiger partial charge is 0.409 e. The van der Waals surface area contributed by atoms with E-state index in [9.17, 15) is 9.59 Å². The normalized spacial score (nSPS) is 9.44. The molecule has 0 N–H and O–H groups in total. The lowest BCUT2D eigenvalue weighted by Gasteiger charge is -2.19. The van der Waals surface area contributed by atoms with Crippen molar-refractivity contribution in [3.05, 3.63) is 12.2 Å². The summed E-state index contributed by atoms with van der Waals surface area (Å²) in [6.07, 6.45) is -0.392. The average molecular weight is 229 g/mol. The van der Waals surface area contributed by atoms with Gasteiger partial charge in [-0.1, -0.05) is 6.58 Å². The van der Waals surface area contributed by atoms with Crippen LogP contribution in [0, 0.1) is 0 Å². The molecule has 0 rings (SSSR count). The van der Waals surface area contributed by atoms with Crippen molar-refractivity contribution in [1.82, 2.24) is 4.90 Å². The van der Waals surface area contributed by atoms with Crippen molar-refractivity contribution < 1.29 is 19.1 Å². The van der Waals surface area contributed by atoms with Crippen LogP contribution in [0.2, 0.25) is 0 Å². The Morgan fingerprint density at radius 3 is 2.31 bits per heavy atom. The Balaban J connectivity index is 3.92. The first-order valence-electron chi connectivity index (χ1n) is 5.27. The number of ether oxygens (including phenoxy) is 2. The molecule has 0 aliphatic carbocycles. The molecule has 0 atom stereocenters. The quantitative estimate of drug-likeness (QED) is 0.512. The first kappa shape index (κ1) is 14.5. The molecule has 0 bridgehead atoms. The Morgan fingerprint density at radius 1 is 1.25 bits per heavy atom. The van der Waals surface area contributed by atoms with E-state index in [-0.39, 0.29) is 6.61 Å². The maximum Gasteiger partial charge on any atom is 0.409 e. The Kier molecular flexibility index (Phi) is 7.00. The van der Waals surface area contributed by atoms with Crippen LogP contribution in [0.1, 0.15) is 20.8 Å². The second-order valence-corrected chi connectivity index (χ2v) is 3.19. The average Bonchev–Trinajstić information content (AvgIpc) is 2.24. The van der Waals surface area contributed by atoms with Crippen LogP contribution in [0.5, 0.6) is 0 Å². The summed E-state index contributed by atoms with van der Waals surface area (Å²) in [6, 6.07) is 0. The lowest BCUT2D eigenvalue weighted by molar-refractivity contribution is -0.139. The van der Waals surface area contributed by atoms with E-state index in [2.05, 4.69) is 6.58 Å². The zero-order valence-corrected chi connectivity index (χ0v) is 10.1. The van der Waals surface area contributed by atoms with E-state index in [1.807, 2.05) is 6.92 Å². The highest BCUT2D eigenvalue weighted by molar-refractivity contribution is 5.86. The molecule has 0 spiro atoms. The monoisotopic (exact) mass is 229 g/mol. The van der Waals surface area contributed by atoms with Crippen LogP contribution in [0.25, 0.3) is 0 Å². The van der Waals surface area contributed by atoms with Crippen LogP contribution in [0.15, 0.2) is 12.2 Å². The minimum Gasteiger partial charge on any atom is -0.460 e. The number of hydrogen-bond acceptors (Lipinski definition) is 4. The summed E-state index contributed by atoms with van der Waals surface area (Å²) in [5.41, 5.74) is 0.346.